The number of hydrogen-bond acceptors (Lipinski definition) is 3. The smallest absolute Gasteiger partial charge is 0.215 e. The van der Waals surface area contributed by atoms with Crippen LogP contribution in [0.3, 0.4) is 0 Å². The minimum atomic E-state index is 0.340. The topological polar surface area (TPSA) is 39.9 Å². The summed E-state index contributed by atoms with van der Waals surface area (Å²) < 4.78 is 8.71. The van der Waals surface area contributed by atoms with Crippen molar-refractivity contribution in [3.05, 3.63) is 34.7 Å². The van der Waals surface area contributed by atoms with Crippen molar-refractivity contribution in [2.24, 2.45) is 5.92 Å². The number of halogens is 1. The Labute approximate surface area is 133 Å². The van der Waals surface area contributed by atoms with E-state index in [2.05, 4.69) is 45.9 Å². The maximum atomic E-state index is 5.88. The molecular formula is C16H20BrN3O. The molecule has 0 unspecified atom stereocenters. The summed E-state index contributed by atoms with van der Waals surface area (Å²) in [7, 11) is 0. The highest BCUT2D eigenvalue weighted by molar-refractivity contribution is 9.10. The van der Waals surface area contributed by atoms with E-state index in [0.29, 0.717) is 17.9 Å². The molecule has 1 aliphatic rings. The second-order valence-corrected chi connectivity index (χ2v) is 6.80. The Hall–Kier alpha value is -1.36. The van der Waals surface area contributed by atoms with E-state index in [-0.39, 0.29) is 0 Å². The van der Waals surface area contributed by atoms with Crippen molar-refractivity contribution in [1.29, 1.82) is 0 Å². The fourth-order valence-electron chi connectivity index (χ4n) is 2.43. The molecule has 1 aliphatic carbocycles. The Morgan fingerprint density at radius 1 is 1.38 bits per heavy atom. The molecule has 1 saturated carbocycles. The van der Waals surface area contributed by atoms with Crippen LogP contribution in [0.15, 0.2) is 29.0 Å². The summed E-state index contributed by atoms with van der Waals surface area (Å²) >= 11 is 3.47. The molecule has 0 atom stereocenters. The van der Waals surface area contributed by atoms with E-state index in [0.717, 1.165) is 29.6 Å². The molecule has 0 aliphatic heterocycles. The average Bonchev–Trinajstić information content (AvgIpc) is 2.74. The maximum absolute atomic E-state index is 5.88. The summed E-state index contributed by atoms with van der Waals surface area (Å²) in [5.74, 6) is 1.28. The normalized spacial score (nSPS) is 15.2. The van der Waals surface area contributed by atoms with Crippen LogP contribution in [0.4, 0.5) is 0 Å². The highest BCUT2D eigenvalue weighted by atomic mass is 79.9. The van der Waals surface area contributed by atoms with Gasteiger partial charge in [-0.2, -0.15) is 5.10 Å². The first kappa shape index (κ1) is 14.6. The van der Waals surface area contributed by atoms with E-state index in [1.807, 2.05) is 16.8 Å². The molecular weight excluding hydrogens is 330 g/mol. The van der Waals surface area contributed by atoms with Gasteiger partial charge in [0.1, 0.15) is 10.7 Å². The first-order chi connectivity index (χ1) is 10.1. The SMILES string of the molecule is CC(C)Cc1cc(Br)nn1-c1ccnc(OC2CCC2)c1. The summed E-state index contributed by atoms with van der Waals surface area (Å²) in [5.41, 5.74) is 2.19. The zero-order valence-electron chi connectivity index (χ0n) is 12.4. The van der Waals surface area contributed by atoms with Crippen LogP contribution >= 0.6 is 15.9 Å². The lowest BCUT2D eigenvalue weighted by Gasteiger charge is -2.25. The van der Waals surface area contributed by atoms with Gasteiger partial charge in [0, 0.05) is 18.0 Å². The molecule has 0 radical (unpaired) electrons. The lowest BCUT2D eigenvalue weighted by Crippen LogP contribution is -2.25. The number of aromatic nitrogens is 3. The zero-order valence-corrected chi connectivity index (χ0v) is 14.0. The van der Waals surface area contributed by atoms with Gasteiger partial charge in [0.2, 0.25) is 5.88 Å². The molecule has 0 aromatic carbocycles. The van der Waals surface area contributed by atoms with E-state index >= 15 is 0 Å². The van der Waals surface area contributed by atoms with Crippen LogP contribution in [-0.4, -0.2) is 20.9 Å². The van der Waals surface area contributed by atoms with Gasteiger partial charge in [-0.25, -0.2) is 9.67 Å². The summed E-state index contributed by atoms with van der Waals surface area (Å²) in [6, 6.07) is 6.02. The van der Waals surface area contributed by atoms with Crippen LogP contribution in [0.25, 0.3) is 5.69 Å². The predicted molar refractivity (Wildman–Crippen MR) is 85.9 cm³/mol. The molecule has 0 bridgehead atoms. The van der Waals surface area contributed by atoms with E-state index in [1.54, 1.807) is 6.20 Å². The molecule has 5 heteroatoms. The van der Waals surface area contributed by atoms with E-state index in [1.165, 1.54) is 12.1 Å². The Kier molecular flexibility index (Phi) is 4.29. The van der Waals surface area contributed by atoms with Gasteiger partial charge < -0.3 is 4.74 Å². The molecule has 2 aromatic heterocycles. The van der Waals surface area contributed by atoms with Crippen molar-refractivity contribution in [1.82, 2.24) is 14.8 Å². The average molecular weight is 350 g/mol. The Balaban J connectivity index is 1.87. The maximum Gasteiger partial charge on any atom is 0.215 e. The number of nitrogens with zero attached hydrogens (tertiary/aromatic N) is 3. The highest BCUT2D eigenvalue weighted by Crippen LogP contribution is 2.26. The van der Waals surface area contributed by atoms with Crippen molar-refractivity contribution >= 4 is 15.9 Å². The van der Waals surface area contributed by atoms with Crippen molar-refractivity contribution in [2.45, 2.75) is 45.6 Å². The molecule has 0 spiro atoms. The fourth-order valence-corrected chi connectivity index (χ4v) is 2.85. The second-order valence-electron chi connectivity index (χ2n) is 5.99. The third-order valence-corrected chi connectivity index (χ3v) is 4.06. The molecule has 3 rings (SSSR count). The van der Waals surface area contributed by atoms with Gasteiger partial charge >= 0.3 is 0 Å². The fraction of sp³-hybridized carbons (Fsp3) is 0.500. The molecule has 0 N–H and O–H groups in total. The molecule has 21 heavy (non-hydrogen) atoms. The summed E-state index contributed by atoms with van der Waals surface area (Å²) in [4.78, 5) is 4.31. The van der Waals surface area contributed by atoms with Gasteiger partial charge in [0.25, 0.3) is 0 Å². The summed E-state index contributed by atoms with van der Waals surface area (Å²) in [6.45, 7) is 4.42. The van der Waals surface area contributed by atoms with Crippen LogP contribution in [0.1, 0.15) is 38.8 Å². The third kappa shape index (κ3) is 3.46. The van der Waals surface area contributed by atoms with Crippen LogP contribution in [0, 0.1) is 5.92 Å². The molecule has 0 saturated heterocycles. The molecule has 2 heterocycles. The lowest BCUT2D eigenvalue weighted by atomic mass is 9.96. The van der Waals surface area contributed by atoms with Crippen molar-refractivity contribution in [2.75, 3.05) is 0 Å². The van der Waals surface area contributed by atoms with Gasteiger partial charge in [-0.05, 0) is 59.7 Å². The first-order valence-corrected chi connectivity index (χ1v) is 8.28. The minimum Gasteiger partial charge on any atom is -0.474 e. The minimum absolute atomic E-state index is 0.340. The summed E-state index contributed by atoms with van der Waals surface area (Å²) in [6.07, 6.45) is 6.65. The Morgan fingerprint density at radius 3 is 2.86 bits per heavy atom. The molecule has 4 nitrogen and oxygen atoms in total. The van der Waals surface area contributed by atoms with Gasteiger partial charge in [-0.15, -0.1) is 0 Å². The Morgan fingerprint density at radius 2 is 2.19 bits per heavy atom. The molecule has 2 aromatic rings. The number of ether oxygens (including phenoxy) is 1. The van der Waals surface area contributed by atoms with Gasteiger partial charge in [-0.1, -0.05) is 13.8 Å². The number of hydrogen-bond donors (Lipinski definition) is 0. The van der Waals surface area contributed by atoms with Crippen molar-refractivity contribution in [3.8, 4) is 11.6 Å². The van der Waals surface area contributed by atoms with Crippen LogP contribution < -0.4 is 4.74 Å². The lowest BCUT2D eigenvalue weighted by molar-refractivity contribution is 0.114. The van der Waals surface area contributed by atoms with Crippen LogP contribution in [-0.2, 0) is 6.42 Å². The third-order valence-electron chi connectivity index (χ3n) is 3.67. The van der Waals surface area contributed by atoms with Gasteiger partial charge in [0.15, 0.2) is 0 Å². The van der Waals surface area contributed by atoms with Crippen molar-refractivity contribution < 1.29 is 4.74 Å². The van der Waals surface area contributed by atoms with Crippen LogP contribution in [0.2, 0.25) is 0 Å². The van der Waals surface area contributed by atoms with Crippen molar-refractivity contribution in [3.63, 3.8) is 0 Å². The van der Waals surface area contributed by atoms with E-state index in [9.17, 15) is 0 Å². The predicted octanol–water partition coefficient (Wildman–Crippen LogP) is 4.16. The second kappa shape index (κ2) is 6.18. The van der Waals surface area contributed by atoms with Gasteiger partial charge in [0.05, 0.1) is 5.69 Å². The zero-order chi connectivity index (χ0) is 14.8. The highest BCUT2D eigenvalue weighted by Gasteiger charge is 2.20. The van der Waals surface area contributed by atoms with E-state index < -0.39 is 0 Å². The van der Waals surface area contributed by atoms with E-state index in [4.69, 9.17) is 4.74 Å². The standard InChI is InChI=1S/C16H20BrN3O/c1-11(2)8-13-9-15(17)19-20(13)12-6-7-18-16(10-12)21-14-4-3-5-14/h6-7,9-11,14H,3-5,8H2,1-2H3. The quantitative estimate of drug-likeness (QED) is 0.813. The first-order valence-electron chi connectivity index (χ1n) is 7.49. The molecule has 1 fully saturated rings. The Bertz CT molecular complexity index is 620. The van der Waals surface area contributed by atoms with Crippen LogP contribution in [0.5, 0.6) is 5.88 Å². The molecule has 0 amide bonds. The summed E-state index contributed by atoms with van der Waals surface area (Å²) in [5, 5.41) is 4.54. The van der Waals surface area contributed by atoms with Gasteiger partial charge in [-0.3, -0.25) is 0 Å². The number of rotatable bonds is 5. The number of pyridine rings is 1. The monoisotopic (exact) mass is 349 g/mol. The molecule has 112 valence electrons. The largest absolute Gasteiger partial charge is 0.474 e.